The highest BCUT2D eigenvalue weighted by molar-refractivity contribution is 8.03. The molecular weight excluding hydrogens is 430 g/mol. The molecule has 166 valence electrons. The Kier molecular flexibility index (Phi) is 10.9. The van der Waals surface area contributed by atoms with Gasteiger partial charge in [-0.1, -0.05) is 72.4 Å². The Morgan fingerprint density at radius 2 is 1.87 bits per heavy atom. The SMILES string of the molecule is C=C/C=C(\C=C(\Cl)CCCC(N)(CO)CO)Sc1cccc(OCc2ccccc2)c1. The first kappa shape index (κ1) is 25.2. The Balaban J connectivity index is 1.97. The smallest absolute Gasteiger partial charge is 0.120 e. The van der Waals surface area contributed by atoms with Crippen LogP contribution in [0.5, 0.6) is 5.75 Å². The van der Waals surface area contributed by atoms with Gasteiger partial charge in [-0.05, 0) is 55.2 Å². The molecule has 31 heavy (non-hydrogen) atoms. The minimum absolute atomic E-state index is 0.259. The van der Waals surface area contributed by atoms with Gasteiger partial charge in [0.15, 0.2) is 0 Å². The number of hydrogen-bond acceptors (Lipinski definition) is 5. The monoisotopic (exact) mass is 459 g/mol. The van der Waals surface area contributed by atoms with E-state index in [4.69, 9.17) is 22.1 Å². The Hall–Kier alpha value is -2.02. The molecule has 4 nitrogen and oxygen atoms in total. The molecule has 2 aromatic rings. The molecule has 0 saturated heterocycles. The molecule has 2 rings (SSSR count). The summed E-state index contributed by atoms with van der Waals surface area (Å²) in [5, 5.41) is 19.3. The normalized spacial score (nSPS) is 12.6. The lowest BCUT2D eigenvalue weighted by Gasteiger charge is -2.24. The highest BCUT2D eigenvalue weighted by Crippen LogP contribution is 2.32. The van der Waals surface area contributed by atoms with E-state index >= 15 is 0 Å². The average molecular weight is 460 g/mol. The third kappa shape index (κ3) is 9.33. The lowest BCUT2D eigenvalue weighted by Crippen LogP contribution is -2.47. The van der Waals surface area contributed by atoms with Crippen molar-refractivity contribution in [2.45, 2.75) is 36.3 Å². The zero-order chi connectivity index (χ0) is 22.5. The second kappa shape index (κ2) is 13.4. The fraction of sp³-hybridized carbons (Fsp3) is 0.280. The number of halogens is 1. The first-order valence-corrected chi connectivity index (χ1v) is 11.3. The van der Waals surface area contributed by atoms with Gasteiger partial charge in [0.2, 0.25) is 0 Å². The third-order valence-electron chi connectivity index (χ3n) is 4.59. The Bertz CT molecular complexity index is 879. The molecule has 0 fully saturated rings. The van der Waals surface area contributed by atoms with Gasteiger partial charge in [0, 0.05) is 14.8 Å². The first-order valence-electron chi connectivity index (χ1n) is 10.1. The minimum Gasteiger partial charge on any atom is -0.489 e. The summed E-state index contributed by atoms with van der Waals surface area (Å²) in [6.07, 6.45) is 7.29. The molecule has 4 N–H and O–H groups in total. The van der Waals surface area contributed by atoms with Crippen LogP contribution in [0.3, 0.4) is 0 Å². The second-order valence-electron chi connectivity index (χ2n) is 7.28. The van der Waals surface area contributed by atoms with Gasteiger partial charge in [0.1, 0.15) is 12.4 Å². The molecule has 2 aromatic carbocycles. The predicted molar refractivity (Wildman–Crippen MR) is 130 cm³/mol. The molecule has 0 aliphatic heterocycles. The molecule has 0 bridgehead atoms. The van der Waals surface area contributed by atoms with Crippen molar-refractivity contribution in [1.29, 1.82) is 0 Å². The van der Waals surface area contributed by atoms with Crippen molar-refractivity contribution in [2.24, 2.45) is 5.73 Å². The van der Waals surface area contributed by atoms with Crippen LogP contribution < -0.4 is 10.5 Å². The van der Waals surface area contributed by atoms with Gasteiger partial charge in [-0.3, -0.25) is 0 Å². The van der Waals surface area contributed by atoms with E-state index in [0.29, 0.717) is 30.9 Å². The molecule has 0 aliphatic rings. The van der Waals surface area contributed by atoms with Crippen molar-refractivity contribution in [3.63, 3.8) is 0 Å². The molecule has 0 amide bonds. The Morgan fingerprint density at radius 1 is 1.13 bits per heavy atom. The Morgan fingerprint density at radius 3 is 2.55 bits per heavy atom. The summed E-state index contributed by atoms with van der Waals surface area (Å²) in [4.78, 5) is 1.98. The van der Waals surface area contributed by atoms with Crippen LogP contribution >= 0.6 is 23.4 Å². The maximum atomic E-state index is 9.29. The molecule has 6 heteroatoms. The van der Waals surface area contributed by atoms with E-state index in [2.05, 4.69) is 6.58 Å². The standard InChI is InChI=1S/C25H30ClNO3S/c1-2-8-23(15-21(26)11-7-14-25(27,18-28)19-29)31-24-13-6-12-22(16-24)30-17-20-9-4-3-5-10-20/h2-6,8-10,12-13,15-16,28-29H,1,7,11,14,17-19,27H2/b21-15+,23-8+. The van der Waals surface area contributed by atoms with E-state index in [1.54, 1.807) is 17.8 Å². The second-order valence-corrected chi connectivity index (χ2v) is 8.91. The van der Waals surface area contributed by atoms with E-state index in [1.165, 1.54) is 0 Å². The maximum Gasteiger partial charge on any atom is 0.120 e. The van der Waals surface area contributed by atoms with Crippen LogP contribution in [0.2, 0.25) is 0 Å². The van der Waals surface area contributed by atoms with E-state index in [0.717, 1.165) is 21.1 Å². The highest BCUT2D eigenvalue weighted by atomic mass is 35.5. The zero-order valence-electron chi connectivity index (χ0n) is 17.5. The summed E-state index contributed by atoms with van der Waals surface area (Å²) >= 11 is 7.99. The maximum absolute atomic E-state index is 9.29. The molecule has 0 heterocycles. The van der Waals surface area contributed by atoms with Crippen LogP contribution in [-0.2, 0) is 6.61 Å². The van der Waals surface area contributed by atoms with E-state index in [1.807, 2.05) is 66.7 Å². The fourth-order valence-electron chi connectivity index (χ4n) is 2.78. The van der Waals surface area contributed by atoms with E-state index < -0.39 is 5.54 Å². The quantitative estimate of drug-likeness (QED) is 0.276. The van der Waals surface area contributed by atoms with Gasteiger partial charge < -0.3 is 20.7 Å². The minimum atomic E-state index is -0.966. The van der Waals surface area contributed by atoms with Crippen LogP contribution in [0.15, 0.2) is 94.2 Å². The number of nitrogens with two attached hydrogens (primary N) is 1. The summed E-state index contributed by atoms with van der Waals surface area (Å²) in [5.74, 6) is 0.800. The summed E-state index contributed by atoms with van der Waals surface area (Å²) in [5.41, 5.74) is 6.06. The average Bonchev–Trinajstić information content (AvgIpc) is 2.78. The van der Waals surface area contributed by atoms with Crippen LogP contribution in [0.4, 0.5) is 0 Å². The number of thioether (sulfide) groups is 1. The van der Waals surface area contributed by atoms with Crippen molar-refractivity contribution >= 4 is 23.4 Å². The molecule has 0 atom stereocenters. The number of aliphatic hydroxyl groups excluding tert-OH is 2. The third-order valence-corrected chi connectivity index (χ3v) is 5.87. The van der Waals surface area contributed by atoms with Gasteiger partial charge in [-0.25, -0.2) is 0 Å². The number of aliphatic hydroxyl groups is 2. The lowest BCUT2D eigenvalue weighted by molar-refractivity contribution is 0.113. The molecular formula is C25H30ClNO3S. The predicted octanol–water partition coefficient (Wildman–Crippen LogP) is 5.40. The highest BCUT2D eigenvalue weighted by Gasteiger charge is 2.22. The summed E-state index contributed by atoms with van der Waals surface area (Å²) in [6, 6.07) is 18.0. The van der Waals surface area contributed by atoms with Crippen LogP contribution in [0.1, 0.15) is 24.8 Å². The van der Waals surface area contributed by atoms with Gasteiger partial charge >= 0.3 is 0 Å². The van der Waals surface area contributed by atoms with Gasteiger partial charge in [-0.15, -0.1) is 0 Å². The topological polar surface area (TPSA) is 75.7 Å². The molecule has 0 radical (unpaired) electrons. The number of allylic oxidation sites excluding steroid dienone is 4. The number of hydrogen-bond donors (Lipinski definition) is 3. The summed E-state index contributed by atoms with van der Waals surface area (Å²) < 4.78 is 5.91. The van der Waals surface area contributed by atoms with E-state index in [9.17, 15) is 10.2 Å². The van der Waals surface area contributed by atoms with Gasteiger partial charge in [0.25, 0.3) is 0 Å². The number of benzene rings is 2. The van der Waals surface area contributed by atoms with Crippen LogP contribution in [0, 0.1) is 0 Å². The van der Waals surface area contributed by atoms with E-state index in [-0.39, 0.29) is 13.2 Å². The van der Waals surface area contributed by atoms with Crippen molar-refractivity contribution in [2.75, 3.05) is 13.2 Å². The number of rotatable bonds is 13. The first-order chi connectivity index (χ1) is 15.0. The summed E-state index contributed by atoms with van der Waals surface area (Å²) in [6.45, 7) is 3.78. The lowest BCUT2D eigenvalue weighted by atomic mass is 9.96. The Labute approximate surface area is 194 Å². The molecule has 0 unspecified atom stereocenters. The number of ether oxygens (including phenoxy) is 1. The van der Waals surface area contributed by atoms with Gasteiger partial charge in [0.05, 0.1) is 18.8 Å². The van der Waals surface area contributed by atoms with Crippen molar-refractivity contribution < 1.29 is 14.9 Å². The van der Waals surface area contributed by atoms with Crippen LogP contribution in [0.25, 0.3) is 0 Å². The van der Waals surface area contributed by atoms with Crippen molar-refractivity contribution in [1.82, 2.24) is 0 Å². The van der Waals surface area contributed by atoms with Crippen LogP contribution in [-0.4, -0.2) is 29.0 Å². The molecule has 0 saturated carbocycles. The molecule has 0 aromatic heterocycles. The molecule has 0 aliphatic carbocycles. The van der Waals surface area contributed by atoms with Crippen molar-refractivity contribution in [3.05, 3.63) is 94.9 Å². The van der Waals surface area contributed by atoms with Crippen molar-refractivity contribution in [3.8, 4) is 5.75 Å². The summed E-state index contributed by atoms with van der Waals surface area (Å²) in [7, 11) is 0. The fourth-order valence-corrected chi connectivity index (χ4v) is 4.05. The zero-order valence-corrected chi connectivity index (χ0v) is 19.1. The largest absolute Gasteiger partial charge is 0.489 e. The molecule has 0 spiro atoms. The van der Waals surface area contributed by atoms with Gasteiger partial charge in [-0.2, -0.15) is 0 Å².